The van der Waals surface area contributed by atoms with E-state index in [1.807, 2.05) is 7.05 Å². The molecule has 0 saturated heterocycles. The maximum atomic E-state index is 4.70. The zero-order valence-corrected chi connectivity index (χ0v) is 12.5. The molecule has 0 unspecified atom stereocenters. The van der Waals surface area contributed by atoms with Crippen LogP contribution in [0.1, 0.15) is 26.7 Å². The molecule has 19 heavy (non-hydrogen) atoms. The van der Waals surface area contributed by atoms with Crippen LogP contribution in [0.3, 0.4) is 0 Å². The Morgan fingerprint density at radius 1 is 1.42 bits per heavy atom. The predicted molar refractivity (Wildman–Crippen MR) is 82.2 cm³/mol. The summed E-state index contributed by atoms with van der Waals surface area (Å²) in [7, 11) is 1.87. The van der Waals surface area contributed by atoms with Crippen molar-refractivity contribution in [1.29, 1.82) is 0 Å². The molecule has 0 radical (unpaired) electrons. The van der Waals surface area contributed by atoms with E-state index in [1.165, 1.54) is 18.2 Å². The quantitative estimate of drug-likeness (QED) is 0.909. The van der Waals surface area contributed by atoms with E-state index in [-0.39, 0.29) is 0 Å². The molecule has 0 spiro atoms. The molecule has 2 aromatic heterocycles. The second-order valence-corrected chi connectivity index (χ2v) is 6.34. The number of fused-ring (bicyclic) bond motifs is 1. The van der Waals surface area contributed by atoms with Gasteiger partial charge < -0.3 is 10.2 Å². The molecule has 0 aromatic carbocycles. The number of thiophene rings is 1. The molecule has 5 heteroatoms. The first kappa shape index (κ1) is 12.7. The van der Waals surface area contributed by atoms with Gasteiger partial charge in [-0.1, -0.05) is 0 Å². The van der Waals surface area contributed by atoms with Gasteiger partial charge in [0.1, 0.15) is 10.6 Å². The van der Waals surface area contributed by atoms with Crippen molar-refractivity contribution in [3.05, 3.63) is 11.4 Å². The molecule has 1 saturated carbocycles. The van der Waals surface area contributed by atoms with E-state index >= 15 is 0 Å². The monoisotopic (exact) mass is 276 g/mol. The molecule has 0 amide bonds. The fourth-order valence-corrected chi connectivity index (χ4v) is 3.05. The summed E-state index contributed by atoms with van der Waals surface area (Å²) < 4.78 is 0. The van der Waals surface area contributed by atoms with Crippen LogP contribution in [-0.4, -0.2) is 29.6 Å². The molecular formula is C14H20N4S. The smallest absolute Gasteiger partial charge is 0.225 e. The second-order valence-electron chi connectivity index (χ2n) is 5.45. The fourth-order valence-electron chi connectivity index (χ4n) is 2.29. The van der Waals surface area contributed by atoms with E-state index in [0.29, 0.717) is 12.0 Å². The number of nitrogens with one attached hydrogen (secondary N) is 1. The largest absolute Gasteiger partial charge is 0.357 e. The van der Waals surface area contributed by atoms with E-state index in [0.717, 1.165) is 23.1 Å². The molecule has 0 aliphatic heterocycles. The molecular weight excluding hydrogens is 256 g/mol. The van der Waals surface area contributed by atoms with Crippen molar-refractivity contribution in [1.82, 2.24) is 9.97 Å². The summed E-state index contributed by atoms with van der Waals surface area (Å²) in [6, 6.07) is 2.60. The Morgan fingerprint density at radius 3 is 2.84 bits per heavy atom. The van der Waals surface area contributed by atoms with Crippen molar-refractivity contribution < 1.29 is 0 Å². The Kier molecular flexibility index (Phi) is 3.31. The van der Waals surface area contributed by atoms with Crippen LogP contribution >= 0.6 is 11.3 Å². The molecule has 1 aliphatic rings. The molecule has 1 fully saturated rings. The Labute approximate surface area is 117 Å². The van der Waals surface area contributed by atoms with Gasteiger partial charge in [-0.25, -0.2) is 4.98 Å². The zero-order valence-electron chi connectivity index (χ0n) is 11.7. The van der Waals surface area contributed by atoms with Crippen molar-refractivity contribution in [3.63, 3.8) is 0 Å². The highest BCUT2D eigenvalue weighted by Gasteiger charge is 2.27. The molecule has 1 N–H and O–H groups in total. The summed E-state index contributed by atoms with van der Waals surface area (Å²) in [5.74, 6) is 2.65. The average Bonchev–Trinajstić information content (AvgIpc) is 3.09. The molecule has 2 aromatic rings. The molecule has 1 aliphatic carbocycles. The summed E-state index contributed by atoms with van der Waals surface area (Å²) in [6.45, 7) is 5.59. The van der Waals surface area contributed by atoms with Crippen LogP contribution in [0.4, 0.5) is 11.8 Å². The normalized spacial score (nSPS) is 15.2. The van der Waals surface area contributed by atoms with E-state index in [9.17, 15) is 0 Å². The number of anilines is 2. The Balaban J connectivity index is 2.06. The van der Waals surface area contributed by atoms with Crippen LogP contribution in [0.5, 0.6) is 0 Å². The predicted octanol–water partition coefficient (Wildman–Crippen LogP) is 3.36. The minimum Gasteiger partial charge on any atom is -0.357 e. The third-order valence-corrected chi connectivity index (χ3v) is 4.38. The van der Waals surface area contributed by atoms with Gasteiger partial charge in [0, 0.05) is 19.6 Å². The lowest BCUT2D eigenvalue weighted by molar-refractivity contribution is 0.639. The topological polar surface area (TPSA) is 41.1 Å². The standard InChI is InChI=1S/C14H20N4S/c1-9(2)18(8-10-4-5-10)12-11-6-7-19-13(11)17-14(15-3)16-12/h6-7,9-10H,4-5,8H2,1-3H3,(H,15,16,17). The van der Waals surface area contributed by atoms with Crippen molar-refractivity contribution in [2.24, 2.45) is 5.92 Å². The SMILES string of the molecule is CNc1nc(N(CC2CC2)C(C)C)c2ccsc2n1. The van der Waals surface area contributed by atoms with Gasteiger partial charge in [-0.2, -0.15) is 4.98 Å². The second kappa shape index (κ2) is 4.96. The van der Waals surface area contributed by atoms with Gasteiger partial charge in [0.05, 0.1) is 5.39 Å². The van der Waals surface area contributed by atoms with E-state index in [4.69, 9.17) is 4.98 Å². The number of hydrogen-bond donors (Lipinski definition) is 1. The number of nitrogens with zero attached hydrogens (tertiary/aromatic N) is 3. The highest BCUT2D eigenvalue weighted by Crippen LogP contribution is 2.35. The number of hydrogen-bond acceptors (Lipinski definition) is 5. The van der Waals surface area contributed by atoms with Crippen LogP contribution in [0.2, 0.25) is 0 Å². The van der Waals surface area contributed by atoms with Crippen LogP contribution in [0.15, 0.2) is 11.4 Å². The van der Waals surface area contributed by atoms with Crippen molar-refractivity contribution >= 4 is 33.3 Å². The van der Waals surface area contributed by atoms with Crippen LogP contribution < -0.4 is 10.2 Å². The highest BCUT2D eigenvalue weighted by atomic mass is 32.1. The first-order chi connectivity index (χ1) is 9.19. The summed E-state index contributed by atoms with van der Waals surface area (Å²) in [5.41, 5.74) is 0. The minimum atomic E-state index is 0.461. The molecule has 0 bridgehead atoms. The Hall–Kier alpha value is -1.36. The Bertz CT molecular complexity index is 574. The number of aromatic nitrogens is 2. The maximum absolute atomic E-state index is 4.70. The van der Waals surface area contributed by atoms with Gasteiger partial charge in [0.2, 0.25) is 5.95 Å². The van der Waals surface area contributed by atoms with Crippen LogP contribution in [0, 0.1) is 5.92 Å². The average molecular weight is 276 g/mol. The van der Waals surface area contributed by atoms with Gasteiger partial charge in [0.25, 0.3) is 0 Å². The third-order valence-electron chi connectivity index (χ3n) is 3.58. The van der Waals surface area contributed by atoms with Gasteiger partial charge in [-0.15, -0.1) is 11.3 Å². The molecule has 3 rings (SSSR count). The zero-order chi connectivity index (χ0) is 13.4. The molecule has 102 valence electrons. The summed E-state index contributed by atoms with van der Waals surface area (Å²) >= 11 is 1.68. The molecule has 2 heterocycles. The van der Waals surface area contributed by atoms with Gasteiger partial charge >= 0.3 is 0 Å². The first-order valence-corrected chi connectivity index (χ1v) is 7.76. The summed E-state index contributed by atoms with van der Waals surface area (Å²) in [4.78, 5) is 12.7. The molecule has 4 nitrogen and oxygen atoms in total. The fraction of sp³-hybridized carbons (Fsp3) is 0.571. The summed E-state index contributed by atoms with van der Waals surface area (Å²) in [6.07, 6.45) is 2.72. The van der Waals surface area contributed by atoms with Crippen molar-refractivity contribution in [2.45, 2.75) is 32.7 Å². The first-order valence-electron chi connectivity index (χ1n) is 6.88. The highest BCUT2D eigenvalue weighted by molar-refractivity contribution is 7.16. The maximum Gasteiger partial charge on any atom is 0.225 e. The molecule has 0 atom stereocenters. The van der Waals surface area contributed by atoms with Crippen molar-refractivity contribution in [2.75, 3.05) is 23.8 Å². The van der Waals surface area contributed by atoms with E-state index in [1.54, 1.807) is 11.3 Å². The van der Waals surface area contributed by atoms with E-state index in [2.05, 4.69) is 40.5 Å². The van der Waals surface area contributed by atoms with Gasteiger partial charge in [0.15, 0.2) is 0 Å². The lowest BCUT2D eigenvalue weighted by Crippen LogP contribution is -2.33. The Morgan fingerprint density at radius 2 is 2.21 bits per heavy atom. The van der Waals surface area contributed by atoms with Crippen LogP contribution in [0.25, 0.3) is 10.2 Å². The van der Waals surface area contributed by atoms with Crippen molar-refractivity contribution in [3.8, 4) is 0 Å². The van der Waals surface area contributed by atoms with E-state index < -0.39 is 0 Å². The lowest BCUT2D eigenvalue weighted by Gasteiger charge is -2.28. The van der Waals surface area contributed by atoms with Crippen LogP contribution in [-0.2, 0) is 0 Å². The number of rotatable bonds is 5. The summed E-state index contributed by atoms with van der Waals surface area (Å²) in [5, 5.41) is 6.34. The third kappa shape index (κ3) is 2.52. The van der Waals surface area contributed by atoms with Gasteiger partial charge in [-0.05, 0) is 44.1 Å². The van der Waals surface area contributed by atoms with Gasteiger partial charge in [-0.3, -0.25) is 0 Å². The minimum absolute atomic E-state index is 0.461. The lowest BCUT2D eigenvalue weighted by atomic mass is 10.2.